The van der Waals surface area contributed by atoms with E-state index < -0.39 is 0 Å². The van der Waals surface area contributed by atoms with Gasteiger partial charge in [-0.25, -0.2) is 4.99 Å². The molecule has 0 atom stereocenters. The molecule has 0 amide bonds. The van der Waals surface area contributed by atoms with Crippen molar-refractivity contribution in [1.29, 1.82) is 0 Å². The number of halogens is 2. The molecule has 2 rings (SSSR count). The summed E-state index contributed by atoms with van der Waals surface area (Å²) in [5, 5.41) is 3.85. The number of aliphatic imine (C=N–C) groups is 1. The predicted molar refractivity (Wildman–Crippen MR) is 89.8 cm³/mol. The number of nitrogens with zero attached hydrogens (tertiary/aromatic N) is 2. The second-order valence-corrected chi connectivity index (χ2v) is 6.24. The summed E-state index contributed by atoms with van der Waals surface area (Å²) in [6, 6.07) is 5.65. The molecule has 2 aromatic rings. The van der Waals surface area contributed by atoms with Crippen LogP contribution >= 0.6 is 34.5 Å². The Labute approximate surface area is 137 Å². The van der Waals surface area contributed by atoms with Crippen molar-refractivity contribution in [3.05, 3.63) is 33.3 Å². The highest BCUT2D eigenvalue weighted by atomic mass is 35.5. The van der Waals surface area contributed by atoms with E-state index >= 15 is 0 Å². The van der Waals surface area contributed by atoms with Crippen LogP contribution in [0.25, 0.3) is 0 Å². The topological polar surface area (TPSA) is 46.5 Å². The number of thiazole rings is 1. The molecule has 0 radical (unpaired) electrons. The molecule has 0 fully saturated rings. The number of amidine groups is 1. The van der Waals surface area contributed by atoms with Gasteiger partial charge in [0.15, 0.2) is 5.15 Å². The number of rotatable bonds is 4. The maximum atomic E-state index is 5.86. The second kappa shape index (κ2) is 7.11. The summed E-state index contributed by atoms with van der Waals surface area (Å²) in [5.74, 6) is 1.56. The van der Waals surface area contributed by atoms with Crippen molar-refractivity contribution in [3.8, 4) is 10.9 Å². The molecule has 1 aromatic heterocycles. The fraction of sp³-hybridized carbons (Fsp3) is 0.286. The summed E-state index contributed by atoms with van der Waals surface area (Å²) in [6.07, 6.45) is 0. The summed E-state index contributed by atoms with van der Waals surface area (Å²) in [6.45, 7) is 6.80. The number of nitrogens with one attached hydrogen (secondary N) is 1. The lowest BCUT2D eigenvalue weighted by Gasteiger charge is -2.07. The summed E-state index contributed by atoms with van der Waals surface area (Å²) in [4.78, 5) is 8.53. The third-order valence-electron chi connectivity index (χ3n) is 2.62. The number of aryl methyl sites for hydroxylation is 1. The molecule has 1 heterocycles. The zero-order valence-electron chi connectivity index (χ0n) is 11.9. The predicted octanol–water partition coefficient (Wildman–Crippen LogP) is 5.21. The van der Waals surface area contributed by atoms with Gasteiger partial charge < -0.3 is 10.1 Å². The molecular formula is C14H15Cl2N3OS. The van der Waals surface area contributed by atoms with E-state index in [1.807, 2.05) is 39.0 Å². The van der Waals surface area contributed by atoms with Gasteiger partial charge in [0.05, 0.1) is 11.5 Å². The third kappa shape index (κ3) is 4.33. The average molecular weight is 344 g/mol. The Morgan fingerprint density at radius 1 is 1.43 bits per heavy atom. The van der Waals surface area contributed by atoms with Crippen LogP contribution in [-0.4, -0.2) is 17.4 Å². The van der Waals surface area contributed by atoms with Crippen molar-refractivity contribution in [3.63, 3.8) is 0 Å². The number of ether oxygens (including phenoxy) is 1. The molecule has 0 spiro atoms. The number of hydrogen-bond acceptors (Lipinski definition) is 4. The average Bonchev–Trinajstić information content (AvgIpc) is 2.72. The van der Waals surface area contributed by atoms with E-state index in [2.05, 4.69) is 15.3 Å². The minimum Gasteiger partial charge on any atom is -0.431 e. The molecule has 0 aliphatic carbocycles. The van der Waals surface area contributed by atoms with Gasteiger partial charge >= 0.3 is 0 Å². The Balaban J connectivity index is 2.17. The van der Waals surface area contributed by atoms with E-state index in [4.69, 9.17) is 27.9 Å². The van der Waals surface area contributed by atoms with Crippen molar-refractivity contribution in [1.82, 2.24) is 10.3 Å². The monoisotopic (exact) mass is 343 g/mol. The van der Waals surface area contributed by atoms with E-state index in [-0.39, 0.29) is 5.15 Å². The summed E-state index contributed by atoms with van der Waals surface area (Å²) in [7, 11) is 0. The van der Waals surface area contributed by atoms with Crippen LogP contribution in [0.2, 0.25) is 9.49 Å². The van der Waals surface area contributed by atoms with Gasteiger partial charge in [-0.2, -0.15) is 4.98 Å². The largest absolute Gasteiger partial charge is 0.431 e. The molecule has 0 unspecified atom stereocenters. The van der Waals surface area contributed by atoms with Crippen molar-refractivity contribution >= 4 is 46.1 Å². The van der Waals surface area contributed by atoms with Crippen LogP contribution in [-0.2, 0) is 0 Å². The lowest BCUT2D eigenvalue weighted by Crippen LogP contribution is -2.18. The normalized spacial score (nSPS) is 11.6. The fourth-order valence-corrected chi connectivity index (χ4v) is 2.74. The molecule has 0 aliphatic heterocycles. The van der Waals surface area contributed by atoms with Crippen molar-refractivity contribution in [2.75, 3.05) is 6.54 Å². The number of hydrogen-bond donors (Lipinski definition) is 1. The Hall–Kier alpha value is -1.30. The molecule has 0 aliphatic rings. The van der Waals surface area contributed by atoms with E-state index in [1.54, 1.807) is 0 Å². The Kier molecular flexibility index (Phi) is 5.45. The maximum Gasteiger partial charge on any atom is 0.281 e. The van der Waals surface area contributed by atoms with Gasteiger partial charge in [0.25, 0.3) is 5.19 Å². The first-order chi connectivity index (χ1) is 9.99. The molecule has 1 N–H and O–H groups in total. The van der Waals surface area contributed by atoms with Gasteiger partial charge in [0.2, 0.25) is 0 Å². The first-order valence-corrected chi connectivity index (χ1v) is 7.96. The lowest BCUT2D eigenvalue weighted by molar-refractivity contribution is 0.478. The third-order valence-corrected chi connectivity index (χ3v) is 4.24. The molecule has 0 saturated carbocycles. The Morgan fingerprint density at radius 2 is 2.19 bits per heavy atom. The SMILES string of the molecule is CCNC(C)=Nc1ccc(Oc2nc(Cl)c(Cl)s2)cc1C. The van der Waals surface area contributed by atoms with Gasteiger partial charge in [0, 0.05) is 6.54 Å². The van der Waals surface area contributed by atoms with Gasteiger partial charge in [-0.15, -0.1) is 0 Å². The Bertz CT molecular complexity index is 651. The summed E-state index contributed by atoms with van der Waals surface area (Å²) >= 11 is 12.9. The van der Waals surface area contributed by atoms with Crippen LogP contribution < -0.4 is 10.1 Å². The first kappa shape index (κ1) is 16.1. The van der Waals surface area contributed by atoms with E-state index in [9.17, 15) is 0 Å². The van der Waals surface area contributed by atoms with Gasteiger partial charge in [-0.1, -0.05) is 34.5 Å². The van der Waals surface area contributed by atoms with Gasteiger partial charge in [-0.05, 0) is 44.5 Å². The standard InChI is InChI=1S/C14H15Cl2N3OS/c1-4-17-9(3)18-11-6-5-10(7-8(11)2)20-14-19-12(15)13(16)21-14/h5-7H,4H2,1-3H3,(H,17,18). The van der Waals surface area contributed by atoms with E-state index in [0.717, 1.165) is 23.6 Å². The first-order valence-electron chi connectivity index (χ1n) is 6.39. The van der Waals surface area contributed by atoms with E-state index in [0.29, 0.717) is 15.3 Å². The van der Waals surface area contributed by atoms with Crippen LogP contribution in [0.1, 0.15) is 19.4 Å². The van der Waals surface area contributed by atoms with Crippen molar-refractivity contribution in [2.24, 2.45) is 4.99 Å². The zero-order valence-corrected chi connectivity index (χ0v) is 14.2. The van der Waals surface area contributed by atoms with Gasteiger partial charge in [-0.3, -0.25) is 0 Å². The highest BCUT2D eigenvalue weighted by Gasteiger charge is 2.09. The molecule has 1 aromatic carbocycles. The summed E-state index contributed by atoms with van der Waals surface area (Å²) in [5.41, 5.74) is 1.91. The molecule has 7 heteroatoms. The quantitative estimate of drug-likeness (QED) is 0.612. The van der Waals surface area contributed by atoms with Crippen LogP contribution in [0.3, 0.4) is 0 Å². The van der Waals surface area contributed by atoms with Crippen molar-refractivity contribution < 1.29 is 4.74 Å². The highest BCUT2D eigenvalue weighted by Crippen LogP contribution is 2.36. The summed E-state index contributed by atoms with van der Waals surface area (Å²) < 4.78 is 6.06. The van der Waals surface area contributed by atoms with Crippen LogP contribution in [0.5, 0.6) is 10.9 Å². The zero-order chi connectivity index (χ0) is 15.4. The van der Waals surface area contributed by atoms with Crippen molar-refractivity contribution in [2.45, 2.75) is 20.8 Å². The van der Waals surface area contributed by atoms with Crippen LogP contribution in [0, 0.1) is 6.92 Å². The van der Waals surface area contributed by atoms with Crippen LogP contribution in [0.4, 0.5) is 5.69 Å². The minimum absolute atomic E-state index is 0.260. The van der Waals surface area contributed by atoms with Crippen LogP contribution in [0.15, 0.2) is 23.2 Å². The lowest BCUT2D eigenvalue weighted by atomic mass is 10.2. The molecule has 21 heavy (non-hydrogen) atoms. The Morgan fingerprint density at radius 3 is 2.76 bits per heavy atom. The van der Waals surface area contributed by atoms with E-state index in [1.165, 1.54) is 11.3 Å². The molecule has 0 bridgehead atoms. The fourth-order valence-electron chi connectivity index (χ4n) is 1.70. The van der Waals surface area contributed by atoms with Gasteiger partial charge in [0.1, 0.15) is 10.1 Å². The second-order valence-electron chi connectivity index (χ2n) is 4.32. The molecule has 4 nitrogen and oxygen atoms in total. The number of benzene rings is 1. The molecule has 112 valence electrons. The minimum atomic E-state index is 0.260. The molecule has 0 saturated heterocycles. The highest BCUT2D eigenvalue weighted by molar-refractivity contribution is 7.18. The number of aromatic nitrogens is 1. The molecular weight excluding hydrogens is 329 g/mol. The maximum absolute atomic E-state index is 5.86. The smallest absolute Gasteiger partial charge is 0.281 e.